The number of carbonyl (C=O) groups excluding carboxylic acids is 2. The normalized spacial score (nSPS) is 20.1. The fourth-order valence-corrected chi connectivity index (χ4v) is 2.36. The van der Waals surface area contributed by atoms with E-state index in [4.69, 9.17) is 10.5 Å². The fourth-order valence-electron chi connectivity index (χ4n) is 2.36. The summed E-state index contributed by atoms with van der Waals surface area (Å²) in [6.07, 6.45) is 1.32. The first-order valence-corrected chi connectivity index (χ1v) is 7.64. The number of rotatable bonds is 4. The Labute approximate surface area is 136 Å². The van der Waals surface area contributed by atoms with Gasteiger partial charge in [-0.1, -0.05) is 0 Å². The molecular formula is C16H24N4O3. The first kappa shape index (κ1) is 16.9. The van der Waals surface area contributed by atoms with Crippen LogP contribution in [-0.4, -0.2) is 29.8 Å². The third kappa shape index (κ3) is 5.69. The van der Waals surface area contributed by atoms with Crippen LogP contribution >= 0.6 is 0 Å². The van der Waals surface area contributed by atoms with Crippen molar-refractivity contribution in [1.29, 1.82) is 0 Å². The third-order valence-electron chi connectivity index (χ3n) is 3.38. The van der Waals surface area contributed by atoms with E-state index in [0.717, 1.165) is 18.5 Å². The Hall–Kier alpha value is -2.44. The van der Waals surface area contributed by atoms with Gasteiger partial charge in [0.15, 0.2) is 0 Å². The predicted octanol–water partition coefficient (Wildman–Crippen LogP) is 2.64. The lowest BCUT2D eigenvalue weighted by Crippen LogP contribution is -2.50. The van der Waals surface area contributed by atoms with Crippen molar-refractivity contribution in [3.8, 4) is 0 Å². The van der Waals surface area contributed by atoms with Gasteiger partial charge >= 0.3 is 12.1 Å². The van der Waals surface area contributed by atoms with Crippen molar-refractivity contribution in [2.45, 2.75) is 51.3 Å². The number of carbonyl (C=O) groups is 2. The smallest absolute Gasteiger partial charge is 0.407 e. The van der Waals surface area contributed by atoms with Gasteiger partial charge in [0.05, 0.1) is 0 Å². The summed E-state index contributed by atoms with van der Waals surface area (Å²) in [5.74, 6) is 0. The molecule has 0 aliphatic heterocycles. The van der Waals surface area contributed by atoms with E-state index in [9.17, 15) is 9.59 Å². The second kappa shape index (κ2) is 6.76. The molecule has 0 atom stereocenters. The molecule has 7 heteroatoms. The lowest BCUT2D eigenvalue weighted by atomic mass is 9.86. The number of nitrogens with one attached hydrogen (secondary N) is 3. The van der Waals surface area contributed by atoms with Crippen molar-refractivity contribution in [2.75, 3.05) is 10.6 Å². The molecule has 0 spiro atoms. The number of alkyl carbamates (subject to hydrolysis) is 1. The van der Waals surface area contributed by atoms with Gasteiger partial charge in [-0.2, -0.15) is 0 Å². The molecule has 0 heterocycles. The number of anilines is 2. The number of urea groups is 1. The Morgan fingerprint density at radius 1 is 1.09 bits per heavy atom. The summed E-state index contributed by atoms with van der Waals surface area (Å²) in [5.41, 5.74) is 6.19. The monoisotopic (exact) mass is 320 g/mol. The van der Waals surface area contributed by atoms with Crippen molar-refractivity contribution in [3.63, 3.8) is 0 Å². The van der Waals surface area contributed by atoms with E-state index < -0.39 is 11.6 Å². The van der Waals surface area contributed by atoms with E-state index in [2.05, 4.69) is 16.0 Å². The second-order valence-corrected chi connectivity index (χ2v) is 6.72. The number of hydrogen-bond donors (Lipinski definition) is 4. The predicted molar refractivity (Wildman–Crippen MR) is 89.5 cm³/mol. The molecule has 7 nitrogen and oxygen atoms in total. The summed E-state index contributed by atoms with van der Waals surface area (Å²) in [4.78, 5) is 22.4. The highest BCUT2D eigenvalue weighted by atomic mass is 16.6. The summed E-state index contributed by atoms with van der Waals surface area (Å²) in [6, 6.07) is 7.17. The zero-order valence-corrected chi connectivity index (χ0v) is 13.7. The van der Waals surface area contributed by atoms with Crippen LogP contribution in [0.2, 0.25) is 0 Å². The maximum Gasteiger partial charge on any atom is 0.407 e. The van der Waals surface area contributed by atoms with Crippen LogP contribution in [0.3, 0.4) is 0 Å². The van der Waals surface area contributed by atoms with Gasteiger partial charge in [0.2, 0.25) is 0 Å². The second-order valence-electron chi connectivity index (χ2n) is 6.72. The minimum Gasteiger partial charge on any atom is -0.444 e. The summed E-state index contributed by atoms with van der Waals surface area (Å²) < 4.78 is 5.23. The fraction of sp³-hybridized carbons (Fsp3) is 0.500. The van der Waals surface area contributed by atoms with E-state index in [1.54, 1.807) is 12.1 Å². The van der Waals surface area contributed by atoms with Crippen LogP contribution in [0.1, 0.15) is 33.6 Å². The quantitative estimate of drug-likeness (QED) is 0.684. The summed E-state index contributed by atoms with van der Waals surface area (Å²) in [7, 11) is 0. The third-order valence-corrected chi connectivity index (χ3v) is 3.38. The van der Waals surface area contributed by atoms with Gasteiger partial charge in [-0.3, -0.25) is 0 Å². The average Bonchev–Trinajstić information content (AvgIpc) is 2.35. The topological polar surface area (TPSA) is 105 Å². The molecule has 23 heavy (non-hydrogen) atoms. The van der Waals surface area contributed by atoms with E-state index in [-0.39, 0.29) is 12.1 Å². The van der Waals surface area contributed by atoms with Gasteiger partial charge < -0.3 is 26.4 Å². The maximum absolute atomic E-state index is 11.7. The zero-order chi connectivity index (χ0) is 17.0. The van der Waals surface area contributed by atoms with Crippen LogP contribution in [-0.2, 0) is 4.74 Å². The van der Waals surface area contributed by atoms with Crippen LogP contribution < -0.4 is 21.7 Å². The molecule has 126 valence electrons. The average molecular weight is 320 g/mol. The molecule has 1 aliphatic carbocycles. The van der Waals surface area contributed by atoms with Crippen LogP contribution in [0.25, 0.3) is 0 Å². The molecular weight excluding hydrogens is 296 g/mol. The molecule has 1 fully saturated rings. The van der Waals surface area contributed by atoms with Crippen LogP contribution in [0, 0.1) is 0 Å². The molecule has 5 N–H and O–H groups in total. The molecule has 1 aliphatic rings. The zero-order valence-electron chi connectivity index (χ0n) is 13.7. The SMILES string of the molecule is CC(C)(C)OC(=O)NC1CC(Nc2ccc(NC(N)=O)cc2)C1. The molecule has 1 aromatic carbocycles. The molecule has 0 bridgehead atoms. The minimum absolute atomic E-state index is 0.137. The molecule has 3 amide bonds. The largest absolute Gasteiger partial charge is 0.444 e. The minimum atomic E-state index is -0.583. The first-order valence-electron chi connectivity index (χ1n) is 7.64. The highest BCUT2D eigenvalue weighted by Crippen LogP contribution is 2.25. The molecule has 0 radical (unpaired) electrons. The number of benzene rings is 1. The summed E-state index contributed by atoms with van der Waals surface area (Å²) in [6.45, 7) is 5.53. The molecule has 0 unspecified atom stereocenters. The Bertz CT molecular complexity index is 560. The van der Waals surface area contributed by atoms with Crippen molar-refractivity contribution >= 4 is 23.5 Å². The molecule has 0 aromatic heterocycles. The molecule has 1 saturated carbocycles. The van der Waals surface area contributed by atoms with Crippen LogP contribution in [0.4, 0.5) is 21.0 Å². The van der Waals surface area contributed by atoms with Crippen molar-refractivity contribution in [3.05, 3.63) is 24.3 Å². The van der Waals surface area contributed by atoms with Crippen molar-refractivity contribution in [2.24, 2.45) is 5.73 Å². The Morgan fingerprint density at radius 3 is 2.17 bits per heavy atom. The van der Waals surface area contributed by atoms with Crippen molar-refractivity contribution < 1.29 is 14.3 Å². The highest BCUT2D eigenvalue weighted by molar-refractivity contribution is 5.87. The van der Waals surface area contributed by atoms with Gasteiger partial charge in [-0.15, -0.1) is 0 Å². The maximum atomic E-state index is 11.7. The highest BCUT2D eigenvalue weighted by Gasteiger charge is 2.31. The molecule has 0 saturated heterocycles. The van der Waals surface area contributed by atoms with Gasteiger partial charge in [-0.25, -0.2) is 9.59 Å². The number of amides is 3. The Balaban J connectivity index is 1.71. The molecule has 2 rings (SSSR count). The van der Waals surface area contributed by atoms with E-state index in [0.29, 0.717) is 11.7 Å². The number of primary amides is 1. The van der Waals surface area contributed by atoms with Gasteiger partial charge in [0.25, 0.3) is 0 Å². The van der Waals surface area contributed by atoms with Gasteiger partial charge in [0, 0.05) is 23.5 Å². The first-order chi connectivity index (χ1) is 10.7. The van der Waals surface area contributed by atoms with Crippen LogP contribution in [0.15, 0.2) is 24.3 Å². The van der Waals surface area contributed by atoms with Crippen molar-refractivity contribution in [1.82, 2.24) is 5.32 Å². The van der Waals surface area contributed by atoms with Crippen LogP contribution in [0.5, 0.6) is 0 Å². The number of ether oxygens (including phenoxy) is 1. The number of nitrogens with two attached hydrogens (primary N) is 1. The van der Waals surface area contributed by atoms with E-state index in [1.165, 1.54) is 0 Å². The van der Waals surface area contributed by atoms with E-state index >= 15 is 0 Å². The summed E-state index contributed by atoms with van der Waals surface area (Å²) in [5, 5.41) is 8.74. The standard InChI is InChI=1S/C16H24N4O3/c1-16(2,3)23-15(22)20-13-8-12(9-13)18-10-4-6-11(7-5-10)19-14(17)21/h4-7,12-13,18H,8-9H2,1-3H3,(H,20,22)(H3,17,19,21). The van der Waals surface area contributed by atoms with Gasteiger partial charge in [0.1, 0.15) is 5.60 Å². The Morgan fingerprint density at radius 2 is 1.65 bits per heavy atom. The van der Waals surface area contributed by atoms with Gasteiger partial charge in [-0.05, 0) is 57.9 Å². The van der Waals surface area contributed by atoms with E-state index in [1.807, 2.05) is 32.9 Å². The Kier molecular flexibility index (Phi) is 4.98. The summed E-state index contributed by atoms with van der Waals surface area (Å²) >= 11 is 0. The number of hydrogen-bond acceptors (Lipinski definition) is 4. The molecule has 1 aromatic rings. The lowest BCUT2D eigenvalue weighted by molar-refractivity contribution is 0.0475. The lowest BCUT2D eigenvalue weighted by Gasteiger charge is -2.37.